The van der Waals surface area contributed by atoms with Crippen LogP contribution in [0, 0.1) is 0 Å². The lowest BCUT2D eigenvalue weighted by Crippen LogP contribution is -2.37. The van der Waals surface area contributed by atoms with Crippen LogP contribution in [0.5, 0.6) is 11.5 Å². The summed E-state index contributed by atoms with van der Waals surface area (Å²) in [5.74, 6) is 0.597. The SMILES string of the molecule is COc1cccc(CCNC(=O)NC2CC2)c1O. The summed E-state index contributed by atoms with van der Waals surface area (Å²) in [5.41, 5.74) is 0.765. The fourth-order valence-electron chi connectivity index (χ4n) is 1.71. The van der Waals surface area contributed by atoms with E-state index in [1.807, 2.05) is 12.1 Å². The largest absolute Gasteiger partial charge is 0.504 e. The molecule has 0 saturated heterocycles. The number of carbonyl (C=O) groups is 1. The van der Waals surface area contributed by atoms with Crippen molar-refractivity contribution in [2.45, 2.75) is 25.3 Å². The first-order valence-electron chi connectivity index (χ1n) is 6.10. The Hall–Kier alpha value is -1.91. The van der Waals surface area contributed by atoms with Gasteiger partial charge >= 0.3 is 6.03 Å². The van der Waals surface area contributed by atoms with Gasteiger partial charge in [-0.05, 0) is 30.9 Å². The van der Waals surface area contributed by atoms with E-state index < -0.39 is 0 Å². The number of hydrogen-bond acceptors (Lipinski definition) is 3. The van der Waals surface area contributed by atoms with Gasteiger partial charge < -0.3 is 20.5 Å². The maximum absolute atomic E-state index is 11.4. The van der Waals surface area contributed by atoms with E-state index in [1.54, 1.807) is 6.07 Å². The van der Waals surface area contributed by atoms with Crippen LogP contribution in [0.25, 0.3) is 0 Å². The number of ether oxygens (including phenoxy) is 1. The summed E-state index contributed by atoms with van der Waals surface area (Å²) in [5, 5.41) is 15.5. The monoisotopic (exact) mass is 250 g/mol. The highest BCUT2D eigenvalue weighted by Gasteiger charge is 2.22. The number of urea groups is 1. The molecule has 5 heteroatoms. The fraction of sp³-hybridized carbons (Fsp3) is 0.462. The normalized spacial score (nSPS) is 14.1. The van der Waals surface area contributed by atoms with E-state index >= 15 is 0 Å². The standard InChI is InChI=1S/C13H18N2O3/c1-18-11-4-2-3-9(12(11)16)7-8-14-13(17)15-10-5-6-10/h2-4,10,16H,5-8H2,1H3,(H2,14,15,17). The molecule has 1 saturated carbocycles. The van der Waals surface area contributed by atoms with Gasteiger partial charge in [0, 0.05) is 12.6 Å². The number of phenolic OH excluding ortho intramolecular Hbond substituents is 1. The number of phenols is 1. The molecule has 0 unspecified atom stereocenters. The van der Waals surface area contributed by atoms with Crippen LogP contribution in [-0.4, -0.2) is 30.8 Å². The van der Waals surface area contributed by atoms with E-state index in [9.17, 15) is 9.90 Å². The lowest BCUT2D eigenvalue weighted by atomic mass is 10.1. The molecule has 1 aliphatic rings. The topological polar surface area (TPSA) is 70.6 Å². The Morgan fingerprint density at radius 2 is 2.28 bits per heavy atom. The Bertz CT molecular complexity index is 430. The predicted octanol–water partition coefficient (Wildman–Crippen LogP) is 1.40. The van der Waals surface area contributed by atoms with Gasteiger partial charge in [0.25, 0.3) is 0 Å². The summed E-state index contributed by atoms with van der Waals surface area (Å²) in [6.07, 6.45) is 2.72. The average molecular weight is 250 g/mol. The molecule has 0 atom stereocenters. The van der Waals surface area contributed by atoms with E-state index in [0.29, 0.717) is 24.8 Å². The van der Waals surface area contributed by atoms with Gasteiger partial charge in [0.1, 0.15) is 0 Å². The third-order valence-corrected chi connectivity index (χ3v) is 2.89. The number of para-hydroxylation sites is 1. The zero-order valence-corrected chi connectivity index (χ0v) is 10.4. The number of aromatic hydroxyl groups is 1. The second kappa shape index (κ2) is 5.62. The Morgan fingerprint density at radius 3 is 2.94 bits per heavy atom. The average Bonchev–Trinajstić information content (AvgIpc) is 3.15. The smallest absolute Gasteiger partial charge is 0.315 e. The van der Waals surface area contributed by atoms with Crippen molar-refractivity contribution in [3.05, 3.63) is 23.8 Å². The molecular weight excluding hydrogens is 232 g/mol. The molecule has 0 heterocycles. The molecule has 0 aromatic heterocycles. The molecule has 1 fully saturated rings. The molecule has 1 aliphatic carbocycles. The number of hydrogen-bond donors (Lipinski definition) is 3. The Kier molecular flexibility index (Phi) is 3.92. The zero-order chi connectivity index (χ0) is 13.0. The minimum Gasteiger partial charge on any atom is -0.504 e. The molecule has 1 aromatic rings. The lowest BCUT2D eigenvalue weighted by Gasteiger charge is -2.10. The number of methoxy groups -OCH3 is 1. The second-order valence-electron chi connectivity index (χ2n) is 4.39. The van der Waals surface area contributed by atoms with Crippen molar-refractivity contribution in [2.24, 2.45) is 0 Å². The molecule has 5 nitrogen and oxygen atoms in total. The Balaban J connectivity index is 1.80. The van der Waals surface area contributed by atoms with Crippen molar-refractivity contribution in [1.82, 2.24) is 10.6 Å². The van der Waals surface area contributed by atoms with E-state index in [4.69, 9.17) is 4.74 Å². The first-order chi connectivity index (χ1) is 8.70. The van der Waals surface area contributed by atoms with Crippen molar-refractivity contribution in [3.63, 3.8) is 0 Å². The number of benzene rings is 1. The maximum atomic E-state index is 11.4. The molecule has 0 radical (unpaired) electrons. The third kappa shape index (κ3) is 3.29. The Morgan fingerprint density at radius 1 is 1.50 bits per heavy atom. The van der Waals surface area contributed by atoms with Crippen LogP contribution in [0.1, 0.15) is 18.4 Å². The van der Waals surface area contributed by atoms with Crippen LogP contribution in [0.15, 0.2) is 18.2 Å². The molecule has 1 aromatic carbocycles. The lowest BCUT2D eigenvalue weighted by molar-refractivity contribution is 0.240. The van der Waals surface area contributed by atoms with Gasteiger partial charge in [-0.3, -0.25) is 0 Å². The zero-order valence-electron chi connectivity index (χ0n) is 10.4. The number of amides is 2. The second-order valence-corrected chi connectivity index (χ2v) is 4.39. The van der Waals surface area contributed by atoms with Gasteiger partial charge in [0.15, 0.2) is 11.5 Å². The molecule has 2 amide bonds. The van der Waals surface area contributed by atoms with Crippen LogP contribution in [0.4, 0.5) is 4.79 Å². The third-order valence-electron chi connectivity index (χ3n) is 2.89. The number of carbonyl (C=O) groups excluding carboxylic acids is 1. The van der Waals surface area contributed by atoms with Crippen molar-refractivity contribution < 1.29 is 14.6 Å². The molecule has 2 rings (SSSR count). The van der Waals surface area contributed by atoms with Crippen molar-refractivity contribution in [3.8, 4) is 11.5 Å². The summed E-state index contributed by atoms with van der Waals surface area (Å²) in [4.78, 5) is 11.4. The summed E-state index contributed by atoms with van der Waals surface area (Å²) >= 11 is 0. The molecular formula is C13H18N2O3. The summed E-state index contributed by atoms with van der Waals surface area (Å²) in [6.45, 7) is 0.485. The first kappa shape index (κ1) is 12.5. The van der Waals surface area contributed by atoms with Gasteiger partial charge in [0.2, 0.25) is 0 Å². The molecule has 0 spiro atoms. The number of rotatable bonds is 5. The predicted molar refractivity (Wildman–Crippen MR) is 67.9 cm³/mol. The van der Waals surface area contributed by atoms with Crippen molar-refractivity contribution >= 4 is 6.03 Å². The van der Waals surface area contributed by atoms with E-state index in [0.717, 1.165) is 18.4 Å². The highest BCUT2D eigenvalue weighted by molar-refractivity contribution is 5.74. The fourth-order valence-corrected chi connectivity index (χ4v) is 1.71. The number of nitrogens with one attached hydrogen (secondary N) is 2. The van der Waals surface area contributed by atoms with Crippen molar-refractivity contribution in [1.29, 1.82) is 0 Å². The van der Waals surface area contributed by atoms with Crippen LogP contribution in [0.3, 0.4) is 0 Å². The van der Waals surface area contributed by atoms with Crippen LogP contribution in [-0.2, 0) is 6.42 Å². The quantitative estimate of drug-likeness (QED) is 0.740. The van der Waals surface area contributed by atoms with E-state index in [1.165, 1.54) is 7.11 Å². The van der Waals surface area contributed by atoms with Crippen LogP contribution < -0.4 is 15.4 Å². The van der Waals surface area contributed by atoms with Gasteiger partial charge in [-0.1, -0.05) is 12.1 Å². The molecule has 0 aliphatic heterocycles. The molecule has 0 bridgehead atoms. The Labute approximate surface area is 106 Å². The molecule has 3 N–H and O–H groups in total. The minimum absolute atomic E-state index is 0.139. The summed E-state index contributed by atoms with van der Waals surface area (Å²) < 4.78 is 5.02. The van der Waals surface area contributed by atoms with Gasteiger partial charge in [-0.25, -0.2) is 4.79 Å². The minimum atomic E-state index is -0.139. The summed E-state index contributed by atoms with van der Waals surface area (Å²) in [6, 6.07) is 5.55. The van der Waals surface area contributed by atoms with Crippen molar-refractivity contribution in [2.75, 3.05) is 13.7 Å². The van der Waals surface area contributed by atoms with Crippen LogP contribution in [0.2, 0.25) is 0 Å². The van der Waals surface area contributed by atoms with Gasteiger partial charge in [0.05, 0.1) is 7.11 Å². The van der Waals surface area contributed by atoms with E-state index in [2.05, 4.69) is 10.6 Å². The molecule has 98 valence electrons. The van der Waals surface area contributed by atoms with E-state index in [-0.39, 0.29) is 11.8 Å². The van der Waals surface area contributed by atoms with Gasteiger partial charge in [-0.15, -0.1) is 0 Å². The van der Waals surface area contributed by atoms with Crippen LogP contribution >= 0.6 is 0 Å². The highest BCUT2D eigenvalue weighted by Crippen LogP contribution is 2.29. The van der Waals surface area contributed by atoms with Gasteiger partial charge in [-0.2, -0.15) is 0 Å². The highest BCUT2D eigenvalue weighted by atomic mass is 16.5. The summed E-state index contributed by atoms with van der Waals surface area (Å²) in [7, 11) is 1.51. The molecule has 18 heavy (non-hydrogen) atoms. The first-order valence-corrected chi connectivity index (χ1v) is 6.10. The maximum Gasteiger partial charge on any atom is 0.315 e.